The van der Waals surface area contributed by atoms with Gasteiger partial charge in [0, 0.05) is 12.5 Å². The molecule has 0 aliphatic rings. The first-order chi connectivity index (χ1) is 7.66. The molecule has 0 fully saturated rings. The molecule has 0 saturated carbocycles. The second-order valence-electron chi connectivity index (χ2n) is 3.29. The van der Waals surface area contributed by atoms with Gasteiger partial charge in [-0.3, -0.25) is 10.1 Å². The first-order valence-corrected chi connectivity index (χ1v) is 5.06. The van der Waals surface area contributed by atoms with Crippen molar-refractivity contribution in [3.63, 3.8) is 0 Å². The minimum absolute atomic E-state index is 0.0965. The average molecular weight is 219 g/mol. The molecular formula is C12H13NO3. The third kappa shape index (κ3) is 3.07. The van der Waals surface area contributed by atoms with Gasteiger partial charge in [0.1, 0.15) is 6.10 Å². The Morgan fingerprint density at radius 2 is 2.19 bits per heavy atom. The van der Waals surface area contributed by atoms with Crippen molar-refractivity contribution in [2.75, 3.05) is 0 Å². The van der Waals surface area contributed by atoms with E-state index in [2.05, 4.69) is 11.8 Å². The summed E-state index contributed by atoms with van der Waals surface area (Å²) in [6.45, 7) is 1.98. The molecular weight excluding hydrogens is 206 g/mol. The highest BCUT2D eigenvalue weighted by Crippen LogP contribution is 2.23. The summed E-state index contributed by atoms with van der Waals surface area (Å²) in [7, 11) is 0. The van der Waals surface area contributed by atoms with Crippen LogP contribution in [0, 0.1) is 22.0 Å². The van der Waals surface area contributed by atoms with Crippen molar-refractivity contribution in [1.29, 1.82) is 0 Å². The van der Waals surface area contributed by atoms with Gasteiger partial charge in [-0.2, -0.15) is 0 Å². The molecule has 0 aliphatic heterocycles. The van der Waals surface area contributed by atoms with Crippen molar-refractivity contribution >= 4 is 5.69 Å². The van der Waals surface area contributed by atoms with E-state index in [1.807, 2.05) is 6.92 Å². The SMILES string of the molecule is CCCC#CC(O)c1ccccc1[N+](=O)[O-]. The van der Waals surface area contributed by atoms with E-state index in [1.54, 1.807) is 12.1 Å². The highest BCUT2D eigenvalue weighted by Gasteiger charge is 2.17. The number of hydrogen-bond acceptors (Lipinski definition) is 3. The fourth-order valence-electron chi connectivity index (χ4n) is 1.26. The van der Waals surface area contributed by atoms with Gasteiger partial charge in [-0.25, -0.2) is 0 Å². The lowest BCUT2D eigenvalue weighted by Gasteiger charge is -2.03. The summed E-state index contributed by atoms with van der Waals surface area (Å²) in [5, 5.41) is 20.4. The molecule has 0 aromatic heterocycles. The number of aliphatic hydroxyl groups is 1. The first kappa shape index (κ1) is 12.2. The standard InChI is InChI=1S/C12H13NO3/c1-2-3-4-9-12(14)10-7-5-6-8-11(10)13(15)16/h5-8,12,14H,2-3H2,1H3. The van der Waals surface area contributed by atoms with E-state index in [0.29, 0.717) is 6.42 Å². The van der Waals surface area contributed by atoms with Crippen LogP contribution < -0.4 is 0 Å². The number of aliphatic hydroxyl groups excluding tert-OH is 1. The number of para-hydroxylation sites is 1. The third-order valence-electron chi connectivity index (χ3n) is 2.04. The Kier molecular flexibility index (Phi) is 4.49. The molecule has 0 radical (unpaired) electrons. The molecule has 16 heavy (non-hydrogen) atoms. The number of hydrogen-bond donors (Lipinski definition) is 1. The van der Waals surface area contributed by atoms with E-state index in [1.165, 1.54) is 12.1 Å². The van der Waals surface area contributed by atoms with Gasteiger partial charge in [0.2, 0.25) is 0 Å². The van der Waals surface area contributed by atoms with Crippen molar-refractivity contribution in [3.8, 4) is 11.8 Å². The third-order valence-corrected chi connectivity index (χ3v) is 2.04. The molecule has 1 N–H and O–H groups in total. The lowest BCUT2D eigenvalue weighted by molar-refractivity contribution is -0.386. The molecule has 84 valence electrons. The molecule has 0 saturated heterocycles. The van der Waals surface area contributed by atoms with Crippen molar-refractivity contribution < 1.29 is 10.0 Å². The number of benzene rings is 1. The van der Waals surface area contributed by atoms with Gasteiger partial charge in [0.25, 0.3) is 5.69 Å². The second-order valence-corrected chi connectivity index (χ2v) is 3.29. The zero-order valence-electron chi connectivity index (χ0n) is 9.01. The van der Waals surface area contributed by atoms with E-state index < -0.39 is 11.0 Å². The van der Waals surface area contributed by atoms with Crippen LogP contribution in [0.1, 0.15) is 31.4 Å². The predicted molar refractivity (Wildman–Crippen MR) is 60.7 cm³/mol. The highest BCUT2D eigenvalue weighted by molar-refractivity contribution is 5.43. The average Bonchev–Trinajstić information content (AvgIpc) is 2.29. The van der Waals surface area contributed by atoms with E-state index in [4.69, 9.17) is 0 Å². The molecule has 0 heterocycles. The van der Waals surface area contributed by atoms with E-state index in [-0.39, 0.29) is 11.3 Å². The van der Waals surface area contributed by atoms with Crippen LogP contribution >= 0.6 is 0 Å². The molecule has 4 nitrogen and oxygen atoms in total. The zero-order valence-corrected chi connectivity index (χ0v) is 9.01. The lowest BCUT2D eigenvalue weighted by Crippen LogP contribution is -2.00. The summed E-state index contributed by atoms with van der Waals surface area (Å²) in [6, 6.07) is 6.09. The van der Waals surface area contributed by atoms with Crippen molar-refractivity contribution in [2.45, 2.75) is 25.9 Å². The van der Waals surface area contributed by atoms with Crippen LogP contribution in [0.4, 0.5) is 5.69 Å². The summed E-state index contributed by atoms with van der Waals surface area (Å²) in [4.78, 5) is 10.2. The molecule has 0 amide bonds. The summed E-state index contributed by atoms with van der Waals surface area (Å²) >= 11 is 0. The van der Waals surface area contributed by atoms with Gasteiger partial charge in [-0.15, -0.1) is 5.92 Å². The van der Waals surface area contributed by atoms with Crippen LogP contribution in [-0.4, -0.2) is 10.0 Å². The van der Waals surface area contributed by atoms with Gasteiger partial charge in [0.05, 0.1) is 10.5 Å². The van der Waals surface area contributed by atoms with Gasteiger partial charge >= 0.3 is 0 Å². The largest absolute Gasteiger partial charge is 0.376 e. The van der Waals surface area contributed by atoms with Gasteiger partial charge < -0.3 is 5.11 Å². The van der Waals surface area contributed by atoms with Crippen LogP contribution in [0.2, 0.25) is 0 Å². The van der Waals surface area contributed by atoms with Crippen molar-refractivity contribution in [1.82, 2.24) is 0 Å². The fraction of sp³-hybridized carbons (Fsp3) is 0.333. The zero-order chi connectivity index (χ0) is 12.0. The molecule has 0 spiro atoms. The topological polar surface area (TPSA) is 63.4 Å². The fourth-order valence-corrected chi connectivity index (χ4v) is 1.26. The molecule has 1 atom stereocenters. The first-order valence-electron chi connectivity index (χ1n) is 5.06. The van der Waals surface area contributed by atoms with Crippen LogP contribution in [0.3, 0.4) is 0 Å². The minimum Gasteiger partial charge on any atom is -0.376 e. The summed E-state index contributed by atoms with van der Waals surface area (Å²) in [6.07, 6.45) is 0.488. The van der Waals surface area contributed by atoms with Gasteiger partial charge in [-0.05, 0) is 12.5 Å². The highest BCUT2D eigenvalue weighted by atomic mass is 16.6. The van der Waals surface area contributed by atoms with Crippen molar-refractivity contribution in [3.05, 3.63) is 39.9 Å². The molecule has 1 rings (SSSR count). The molecule has 0 bridgehead atoms. The number of rotatable bonds is 3. The number of nitro benzene ring substituents is 1. The quantitative estimate of drug-likeness (QED) is 0.482. The Morgan fingerprint density at radius 3 is 2.81 bits per heavy atom. The number of nitro groups is 1. The monoisotopic (exact) mass is 219 g/mol. The Balaban J connectivity index is 2.96. The Labute approximate surface area is 94.1 Å². The second kappa shape index (κ2) is 5.89. The molecule has 1 aromatic carbocycles. The van der Waals surface area contributed by atoms with E-state index >= 15 is 0 Å². The molecule has 4 heteroatoms. The van der Waals surface area contributed by atoms with E-state index in [0.717, 1.165) is 6.42 Å². The Morgan fingerprint density at radius 1 is 1.50 bits per heavy atom. The van der Waals surface area contributed by atoms with Crippen molar-refractivity contribution in [2.24, 2.45) is 0 Å². The molecule has 1 unspecified atom stereocenters. The Bertz CT molecular complexity index is 431. The van der Waals surface area contributed by atoms with Gasteiger partial charge in [0.15, 0.2) is 0 Å². The summed E-state index contributed by atoms with van der Waals surface area (Å²) in [5.41, 5.74) is 0.150. The summed E-state index contributed by atoms with van der Waals surface area (Å²) < 4.78 is 0. The van der Waals surface area contributed by atoms with Crippen LogP contribution in [0.15, 0.2) is 24.3 Å². The van der Waals surface area contributed by atoms with Crippen LogP contribution in [-0.2, 0) is 0 Å². The normalized spacial score (nSPS) is 11.4. The maximum Gasteiger partial charge on any atom is 0.276 e. The van der Waals surface area contributed by atoms with Crippen LogP contribution in [0.5, 0.6) is 0 Å². The van der Waals surface area contributed by atoms with Gasteiger partial charge in [-0.1, -0.05) is 25.0 Å². The predicted octanol–water partition coefficient (Wildman–Crippen LogP) is 2.43. The molecule has 0 aliphatic carbocycles. The maximum absolute atomic E-state index is 10.7. The lowest BCUT2D eigenvalue weighted by atomic mass is 10.1. The number of unbranched alkanes of at least 4 members (excludes halogenated alkanes) is 1. The van der Waals surface area contributed by atoms with Crippen LogP contribution in [0.25, 0.3) is 0 Å². The molecule has 1 aromatic rings. The number of nitrogens with zero attached hydrogens (tertiary/aromatic N) is 1. The smallest absolute Gasteiger partial charge is 0.276 e. The Hall–Kier alpha value is -1.86. The maximum atomic E-state index is 10.7. The van der Waals surface area contributed by atoms with E-state index in [9.17, 15) is 15.2 Å². The summed E-state index contributed by atoms with van der Waals surface area (Å²) in [5.74, 6) is 5.37. The minimum atomic E-state index is -1.09.